The van der Waals surface area contributed by atoms with Gasteiger partial charge < -0.3 is 10.5 Å². The molecule has 0 aliphatic heterocycles. The lowest BCUT2D eigenvalue weighted by Crippen LogP contribution is -1.99. The summed E-state index contributed by atoms with van der Waals surface area (Å²) in [7, 11) is 0. The Labute approximate surface area is 108 Å². The maximum atomic E-state index is 5.89. The Balaban J connectivity index is 2.24. The smallest absolute Gasteiger partial charge is 0.219 e. The molecular weight excluding hydrogens is 261 g/mol. The lowest BCUT2D eigenvalue weighted by Gasteiger charge is -2.06. The van der Waals surface area contributed by atoms with Gasteiger partial charge in [0.25, 0.3) is 0 Å². The monoisotopic (exact) mass is 269 g/mol. The Bertz CT molecular complexity index is 534. The maximum Gasteiger partial charge on any atom is 0.219 e. The fraction of sp³-hybridized carbons (Fsp3) is 0.0909. The van der Waals surface area contributed by atoms with Gasteiger partial charge in [-0.2, -0.15) is 0 Å². The van der Waals surface area contributed by atoms with Crippen molar-refractivity contribution in [3.63, 3.8) is 0 Å². The molecule has 2 rings (SSSR count). The molecule has 0 aromatic carbocycles. The van der Waals surface area contributed by atoms with Crippen LogP contribution in [0.1, 0.15) is 5.56 Å². The summed E-state index contributed by atoms with van der Waals surface area (Å²) in [5.41, 5.74) is 6.31. The van der Waals surface area contributed by atoms with Crippen LogP contribution in [0.3, 0.4) is 0 Å². The standard InChI is InChI=1S/C11H9Cl2N3O/c12-8-2-9(5-15-4-8)17-11-1-7(3-14)10(13)6-16-11/h1-2,4-6H,3,14H2. The predicted molar refractivity (Wildman–Crippen MR) is 66.5 cm³/mol. The number of hydrogen-bond acceptors (Lipinski definition) is 4. The molecule has 0 saturated heterocycles. The van der Waals surface area contributed by atoms with E-state index in [-0.39, 0.29) is 0 Å². The van der Waals surface area contributed by atoms with Crippen LogP contribution in [0.4, 0.5) is 0 Å². The average molecular weight is 270 g/mol. The highest BCUT2D eigenvalue weighted by atomic mass is 35.5. The predicted octanol–water partition coefficient (Wildman–Crippen LogP) is 3.03. The van der Waals surface area contributed by atoms with E-state index in [0.717, 1.165) is 5.56 Å². The third-order valence-corrected chi connectivity index (χ3v) is 2.58. The number of pyridine rings is 2. The van der Waals surface area contributed by atoms with E-state index in [1.807, 2.05) is 0 Å². The summed E-state index contributed by atoms with van der Waals surface area (Å²) in [5.74, 6) is 0.911. The summed E-state index contributed by atoms with van der Waals surface area (Å²) in [5, 5.41) is 1.01. The minimum absolute atomic E-state index is 0.325. The van der Waals surface area contributed by atoms with Crippen molar-refractivity contribution in [1.82, 2.24) is 9.97 Å². The largest absolute Gasteiger partial charge is 0.437 e. The van der Waals surface area contributed by atoms with E-state index >= 15 is 0 Å². The maximum absolute atomic E-state index is 5.89. The number of ether oxygens (including phenoxy) is 1. The first-order valence-electron chi connectivity index (χ1n) is 4.82. The lowest BCUT2D eigenvalue weighted by atomic mass is 10.3. The molecule has 0 amide bonds. The lowest BCUT2D eigenvalue weighted by molar-refractivity contribution is 0.460. The zero-order chi connectivity index (χ0) is 12.3. The highest BCUT2D eigenvalue weighted by Crippen LogP contribution is 2.24. The first-order valence-corrected chi connectivity index (χ1v) is 5.57. The normalized spacial score (nSPS) is 10.3. The van der Waals surface area contributed by atoms with Crippen molar-refractivity contribution in [3.8, 4) is 11.6 Å². The molecule has 0 aliphatic rings. The van der Waals surface area contributed by atoms with E-state index in [4.69, 9.17) is 33.7 Å². The Morgan fingerprint density at radius 3 is 2.71 bits per heavy atom. The molecule has 2 heterocycles. The summed E-state index contributed by atoms with van der Waals surface area (Å²) in [6, 6.07) is 3.33. The number of nitrogens with zero attached hydrogens (tertiary/aromatic N) is 2. The van der Waals surface area contributed by atoms with Gasteiger partial charge in [0.15, 0.2) is 0 Å². The highest BCUT2D eigenvalue weighted by Gasteiger charge is 2.04. The van der Waals surface area contributed by atoms with Gasteiger partial charge >= 0.3 is 0 Å². The molecule has 4 nitrogen and oxygen atoms in total. The quantitative estimate of drug-likeness (QED) is 0.931. The van der Waals surface area contributed by atoms with Crippen molar-refractivity contribution in [2.75, 3.05) is 0 Å². The molecule has 0 unspecified atom stereocenters. The number of aromatic nitrogens is 2. The second-order valence-electron chi connectivity index (χ2n) is 3.26. The Kier molecular flexibility index (Phi) is 3.78. The molecule has 0 bridgehead atoms. The van der Waals surface area contributed by atoms with Crippen molar-refractivity contribution in [1.29, 1.82) is 0 Å². The minimum Gasteiger partial charge on any atom is -0.437 e. The molecule has 6 heteroatoms. The molecule has 0 spiro atoms. The van der Waals surface area contributed by atoms with Crippen LogP contribution >= 0.6 is 23.2 Å². The van der Waals surface area contributed by atoms with Crippen LogP contribution in [0.25, 0.3) is 0 Å². The summed E-state index contributed by atoms with van der Waals surface area (Å²) >= 11 is 11.7. The van der Waals surface area contributed by atoms with Gasteiger partial charge in [-0.3, -0.25) is 4.98 Å². The van der Waals surface area contributed by atoms with E-state index in [1.165, 1.54) is 12.4 Å². The van der Waals surface area contributed by atoms with Crippen LogP contribution in [0.2, 0.25) is 10.0 Å². The molecule has 0 saturated carbocycles. The summed E-state index contributed by atoms with van der Waals surface area (Å²) < 4.78 is 5.48. The first kappa shape index (κ1) is 12.1. The highest BCUT2D eigenvalue weighted by molar-refractivity contribution is 6.31. The molecule has 0 fully saturated rings. The Morgan fingerprint density at radius 2 is 2.00 bits per heavy atom. The van der Waals surface area contributed by atoms with Gasteiger partial charge in [-0.25, -0.2) is 4.98 Å². The summed E-state index contributed by atoms with van der Waals surface area (Å²) in [6.07, 6.45) is 4.57. The summed E-state index contributed by atoms with van der Waals surface area (Å²) in [6.45, 7) is 0.325. The first-order chi connectivity index (χ1) is 8.19. The van der Waals surface area contributed by atoms with Crippen molar-refractivity contribution < 1.29 is 4.74 Å². The second kappa shape index (κ2) is 5.31. The van der Waals surface area contributed by atoms with Crippen LogP contribution in [0, 0.1) is 0 Å². The number of nitrogens with two attached hydrogens (primary N) is 1. The zero-order valence-electron chi connectivity index (χ0n) is 8.73. The van der Waals surface area contributed by atoms with Crippen LogP contribution in [0.15, 0.2) is 30.7 Å². The molecular formula is C11H9Cl2N3O. The molecule has 2 N–H and O–H groups in total. The molecule has 0 aliphatic carbocycles. The minimum atomic E-state index is 0.325. The van der Waals surface area contributed by atoms with Gasteiger partial charge in [0.05, 0.1) is 16.2 Å². The van der Waals surface area contributed by atoms with Gasteiger partial charge in [-0.1, -0.05) is 23.2 Å². The van der Waals surface area contributed by atoms with E-state index in [1.54, 1.807) is 18.3 Å². The van der Waals surface area contributed by atoms with Crippen LogP contribution in [0.5, 0.6) is 11.6 Å². The van der Waals surface area contributed by atoms with Gasteiger partial charge in [0, 0.05) is 31.1 Å². The fourth-order valence-corrected chi connectivity index (χ4v) is 1.58. The second-order valence-corrected chi connectivity index (χ2v) is 4.10. The van der Waals surface area contributed by atoms with Crippen LogP contribution in [-0.4, -0.2) is 9.97 Å². The number of halogens is 2. The number of rotatable bonds is 3. The van der Waals surface area contributed by atoms with Gasteiger partial charge in [0.2, 0.25) is 5.88 Å². The molecule has 0 radical (unpaired) electrons. The Morgan fingerprint density at radius 1 is 1.18 bits per heavy atom. The van der Waals surface area contributed by atoms with Crippen molar-refractivity contribution in [2.45, 2.75) is 6.54 Å². The van der Waals surface area contributed by atoms with Gasteiger partial charge in [-0.05, 0) is 5.56 Å². The van der Waals surface area contributed by atoms with Gasteiger partial charge in [-0.15, -0.1) is 0 Å². The van der Waals surface area contributed by atoms with Crippen LogP contribution in [-0.2, 0) is 6.54 Å². The van der Waals surface area contributed by atoms with E-state index in [0.29, 0.717) is 28.2 Å². The molecule has 17 heavy (non-hydrogen) atoms. The van der Waals surface area contributed by atoms with Crippen molar-refractivity contribution in [2.24, 2.45) is 5.73 Å². The topological polar surface area (TPSA) is 61.0 Å². The summed E-state index contributed by atoms with van der Waals surface area (Å²) in [4.78, 5) is 7.94. The van der Waals surface area contributed by atoms with Crippen LogP contribution < -0.4 is 10.5 Å². The van der Waals surface area contributed by atoms with Gasteiger partial charge in [0.1, 0.15) is 5.75 Å². The Hall–Kier alpha value is -1.36. The average Bonchev–Trinajstić information content (AvgIpc) is 2.32. The van der Waals surface area contributed by atoms with E-state index in [9.17, 15) is 0 Å². The SMILES string of the molecule is NCc1cc(Oc2cncc(Cl)c2)ncc1Cl. The van der Waals surface area contributed by atoms with Crippen molar-refractivity contribution >= 4 is 23.2 Å². The molecule has 2 aromatic rings. The van der Waals surface area contributed by atoms with Crippen molar-refractivity contribution in [3.05, 3.63) is 46.3 Å². The molecule has 88 valence electrons. The fourth-order valence-electron chi connectivity index (χ4n) is 1.24. The third-order valence-electron chi connectivity index (χ3n) is 2.03. The third kappa shape index (κ3) is 3.06. The van der Waals surface area contributed by atoms with E-state index < -0.39 is 0 Å². The zero-order valence-corrected chi connectivity index (χ0v) is 10.2. The molecule has 2 aromatic heterocycles. The van der Waals surface area contributed by atoms with E-state index in [2.05, 4.69) is 9.97 Å². The molecule has 0 atom stereocenters. The number of hydrogen-bond donors (Lipinski definition) is 1.